The third-order valence-electron chi connectivity index (χ3n) is 2.32. The van der Waals surface area contributed by atoms with Crippen LogP contribution in [-0.4, -0.2) is 17.1 Å². The van der Waals surface area contributed by atoms with Gasteiger partial charge in [0.25, 0.3) is 5.91 Å². The SMILES string of the molecule is CSc1ccc(C(=O)Nc2ccc(I)cn2)cc1. The van der Waals surface area contributed by atoms with Gasteiger partial charge in [-0.25, -0.2) is 4.98 Å². The largest absolute Gasteiger partial charge is 0.307 e. The van der Waals surface area contributed by atoms with E-state index in [4.69, 9.17) is 0 Å². The molecular weight excluding hydrogens is 359 g/mol. The first-order chi connectivity index (χ1) is 8.69. The van der Waals surface area contributed by atoms with Gasteiger partial charge in [-0.05, 0) is 65.2 Å². The number of pyridine rings is 1. The molecule has 0 unspecified atom stereocenters. The van der Waals surface area contributed by atoms with Gasteiger partial charge in [0, 0.05) is 20.2 Å². The van der Waals surface area contributed by atoms with E-state index >= 15 is 0 Å². The summed E-state index contributed by atoms with van der Waals surface area (Å²) in [6, 6.07) is 11.2. The molecule has 1 heterocycles. The van der Waals surface area contributed by atoms with Gasteiger partial charge >= 0.3 is 0 Å². The van der Waals surface area contributed by atoms with Crippen molar-refractivity contribution in [2.75, 3.05) is 11.6 Å². The summed E-state index contributed by atoms with van der Waals surface area (Å²) in [5.74, 6) is 0.422. The van der Waals surface area contributed by atoms with Crippen molar-refractivity contribution in [3.8, 4) is 0 Å². The zero-order valence-corrected chi connectivity index (χ0v) is 12.7. The number of thioether (sulfide) groups is 1. The zero-order valence-electron chi connectivity index (χ0n) is 9.68. The van der Waals surface area contributed by atoms with Gasteiger partial charge in [0.05, 0.1) is 0 Å². The highest BCUT2D eigenvalue weighted by Gasteiger charge is 2.06. The molecule has 5 heteroatoms. The Morgan fingerprint density at radius 2 is 1.94 bits per heavy atom. The number of carbonyl (C=O) groups excluding carboxylic acids is 1. The summed E-state index contributed by atoms with van der Waals surface area (Å²) in [5, 5.41) is 2.76. The highest BCUT2D eigenvalue weighted by atomic mass is 127. The summed E-state index contributed by atoms with van der Waals surface area (Å²) in [5.41, 5.74) is 0.633. The first kappa shape index (κ1) is 13.4. The van der Waals surface area contributed by atoms with Crippen LogP contribution < -0.4 is 5.32 Å². The molecule has 92 valence electrons. The fraction of sp³-hybridized carbons (Fsp3) is 0.0769. The van der Waals surface area contributed by atoms with Crippen LogP contribution in [0, 0.1) is 3.57 Å². The molecular formula is C13H11IN2OS. The predicted octanol–water partition coefficient (Wildman–Crippen LogP) is 3.66. The van der Waals surface area contributed by atoms with Crippen molar-refractivity contribution in [3.63, 3.8) is 0 Å². The molecule has 18 heavy (non-hydrogen) atoms. The zero-order chi connectivity index (χ0) is 13.0. The molecule has 3 nitrogen and oxygen atoms in total. The van der Waals surface area contributed by atoms with E-state index in [1.165, 1.54) is 0 Å². The van der Waals surface area contributed by atoms with E-state index in [1.54, 1.807) is 24.0 Å². The number of rotatable bonds is 3. The smallest absolute Gasteiger partial charge is 0.256 e. The first-order valence-corrected chi connectivity index (χ1v) is 7.56. The molecule has 1 aromatic heterocycles. The fourth-order valence-corrected chi connectivity index (χ4v) is 2.11. The van der Waals surface area contributed by atoms with Crippen LogP contribution in [0.15, 0.2) is 47.5 Å². The first-order valence-electron chi connectivity index (χ1n) is 5.26. The summed E-state index contributed by atoms with van der Waals surface area (Å²) in [6.45, 7) is 0. The minimum Gasteiger partial charge on any atom is -0.307 e. The number of nitrogens with zero attached hydrogens (tertiary/aromatic N) is 1. The fourth-order valence-electron chi connectivity index (χ4n) is 1.38. The van der Waals surface area contributed by atoms with E-state index in [9.17, 15) is 4.79 Å². The highest BCUT2D eigenvalue weighted by Crippen LogP contribution is 2.15. The monoisotopic (exact) mass is 370 g/mol. The maximum atomic E-state index is 11.9. The Hall–Kier alpha value is -1.08. The Labute approximate surface area is 124 Å². The number of amides is 1. The Morgan fingerprint density at radius 3 is 2.50 bits per heavy atom. The van der Waals surface area contributed by atoms with Gasteiger partial charge in [0.15, 0.2) is 0 Å². The minimum absolute atomic E-state index is 0.142. The lowest BCUT2D eigenvalue weighted by atomic mass is 10.2. The number of nitrogens with one attached hydrogen (secondary N) is 1. The predicted molar refractivity (Wildman–Crippen MR) is 83.1 cm³/mol. The molecule has 0 bridgehead atoms. The van der Waals surface area contributed by atoms with Gasteiger partial charge in [-0.15, -0.1) is 11.8 Å². The van der Waals surface area contributed by atoms with E-state index < -0.39 is 0 Å². The molecule has 0 aliphatic heterocycles. The van der Waals surface area contributed by atoms with E-state index in [0.29, 0.717) is 11.4 Å². The molecule has 0 atom stereocenters. The topological polar surface area (TPSA) is 42.0 Å². The summed E-state index contributed by atoms with van der Waals surface area (Å²) in [7, 11) is 0. The molecule has 2 rings (SSSR count). The summed E-state index contributed by atoms with van der Waals surface area (Å²) < 4.78 is 1.04. The summed E-state index contributed by atoms with van der Waals surface area (Å²) in [6.07, 6.45) is 3.72. The maximum Gasteiger partial charge on any atom is 0.256 e. The van der Waals surface area contributed by atoms with E-state index in [-0.39, 0.29) is 5.91 Å². The lowest BCUT2D eigenvalue weighted by Gasteiger charge is -2.05. The lowest BCUT2D eigenvalue weighted by molar-refractivity contribution is 0.102. The number of hydrogen-bond donors (Lipinski definition) is 1. The Bertz CT molecular complexity index is 540. The third kappa shape index (κ3) is 3.46. The van der Waals surface area contributed by atoms with Crippen LogP contribution in [0.3, 0.4) is 0 Å². The van der Waals surface area contributed by atoms with Crippen LogP contribution in [0.5, 0.6) is 0 Å². The van der Waals surface area contributed by atoms with Gasteiger partial charge in [-0.3, -0.25) is 4.79 Å². The molecule has 0 aliphatic rings. The molecule has 0 spiro atoms. The molecule has 2 aromatic rings. The number of hydrogen-bond acceptors (Lipinski definition) is 3. The van der Waals surface area contributed by atoms with Crippen molar-refractivity contribution in [1.82, 2.24) is 4.98 Å². The van der Waals surface area contributed by atoms with Crippen molar-refractivity contribution < 1.29 is 4.79 Å². The Kier molecular flexibility index (Phi) is 4.60. The quantitative estimate of drug-likeness (QED) is 0.662. The van der Waals surface area contributed by atoms with Crippen molar-refractivity contribution in [1.29, 1.82) is 0 Å². The van der Waals surface area contributed by atoms with Gasteiger partial charge in [0.2, 0.25) is 0 Å². The standard InChI is InChI=1S/C13H11IN2OS/c1-18-11-5-2-9(3-6-11)13(17)16-12-7-4-10(14)8-15-12/h2-8H,1H3,(H,15,16,17). The second kappa shape index (κ2) is 6.19. The van der Waals surface area contributed by atoms with Crippen LogP contribution in [0.25, 0.3) is 0 Å². The van der Waals surface area contributed by atoms with Crippen molar-refractivity contribution in [2.45, 2.75) is 4.90 Å². The van der Waals surface area contributed by atoms with Crippen LogP contribution in [-0.2, 0) is 0 Å². The van der Waals surface area contributed by atoms with Crippen molar-refractivity contribution in [3.05, 3.63) is 51.7 Å². The van der Waals surface area contributed by atoms with Gasteiger partial charge in [-0.1, -0.05) is 0 Å². The molecule has 1 N–H and O–H groups in total. The number of halogens is 1. The van der Waals surface area contributed by atoms with Crippen LogP contribution in [0.2, 0.25) is 0 Å². The maximum absolute atomic E-state index is 11.9. The molecule has 0 radical (unpaired) electrons. The lowest BCUT2D eigenvalue weighted by Crippen LogP contribution is -2.12. The molecule has 0 fully saturated rings. The average Bonchev–Trinajstić information content (AvgIpc) is 2.41. The normalized spacial score (nSPS) is 10.1. The number of aromatic nitrogens is 1. The average molecular weight is 370 g/mol. The van der Waals surface area contributed by atoms with Gasteiger partial charge in [-0.2, -0.15) is 0 Å². The summed E-state index contributed by atoms with van der Waals surface area (Å²) in [4.78, 5) is 17.2. The van der Waals surface area contributed by atoms with Crippen LogP contribution in [0.1, 0.15) is 10.4 Å². The molecule has 1 aromatic carbocycles. The van der Waals surface area contributed by atoms with E-state index in [1.807, 2.05) is 36.6 Å². The molecule has 0 saturated carbocycles. The van der Waals surface area contributed by atoms with E-state index in [0.717, 1.165) is 8.47 Å². The second-order valence-corrected chi connectivity index (χ2v) is 5.67. The van der Waals surface area contributed by atoms with Crippen LogP contribution >= 0.6 is 34.4 Å². The molecule has 1 amide bonds. The van der Waals surface area contributed by atoms with Crippen molar-refractivity contribution >= 4 is 46.1 Å². The highest BCUT2D eigenvalue weighted by molar-refractivity contribution is 14.1. The van der Waals surface area contributed by atoms with E-state index in [2.05, 4.69) is 32.9 Å². The van der Waals surface area contributed by atoms with Gasteiger partial charge in [0.1, 0.15) is 5.82 Å². The third-order valence-corrected chi connectivity index (χ3v) is 3.70. The van der Waals surface area contributed by atoms with Crippen LogP contribution in [0.4, 0.5) is 5.82 Å². The van der Waals surface area contributed by atoms with Crippen molar-refractivity contribution in [2.24, 2.45) is 0 Å². The second-order valence-electron chi connectivity index (χ2n) is 3.54. The summed E-state index contributed by atoms with van der Waals surface area (Å²) >= 11 is 3.82. The number of anilines is 1. The van der Waals surface area contributed by atoms with Gasteiger partial charge < -0.3 is 5.32 Å². The Balaban J connectivity index is 2.09. The Morgan fingerprint density at radius 1 is 1.22 bits per heavy atom. The molecule has 0 aliphatic carbocycles. The number of benzene rings is 1. The number of carbonyl (C=O) groups is 1. The minimum atomic E-state index is -0.142. The molecule has 0 saturated heterocycles.